The quantitative estimate of drug-likeness (QED) is 0.703. The van der Waals surface area contributed by atoms with E-state index in [4.69, 9.17) is 5.26 Å². The highest BCUT2D eigenvalue weighted by Gasteiger charge is 2.34. The molecular formula is C12H21N3O3S. The first-order chi connectivity index (χ1) is 8.78. The van der Waals surface area contributed by atoms with Gasteiger partial charge in [0.1, 0.15) is 0 Å². The largest absolute Gasteiger partial charge is 0.340 e. The van der Waals surface area contributed by atoms with Gasteiger partial charge in [0.25, 0.3) is 0 Å². The van der Waals surface area contributed by atoms with Gasteiger partial charge in [0.2, 0.25) is 5.91 Å². The number of hydrogen-bond acceptors (Lipinski definition) is 5. The summed E-state index contributed by atoms with van der Waals surface area (Å²) in [7, 11) is 0.461. The van der Waals surface area contributed by atoms with Crippen molar-refractivity contribution in [2.45, 2.75) is 31.8 Å². The van der Waals surface area contributed by atoms with Crippen molar-refractivity contribution in [3.05, 3.63) is 0 Å². The van der Waals surface area contributed by atoms with E-state index >= 15 is 0 Å². The molecule has 0 aliphatic carbocycles. The van der Waals surface area contributed by atoms with Crippen LogP contribution >= 0.6 is 0 Å². The zero-order valence-corrected chi connectivity index (χ0v) is 12.5. The minimum atomic E-state index is -2.98. The Hall–Kier alpha value is -1.13. The average molecular weight is 287 g/mol. The van der Waals surface area contributed by atoms with Crippen LogP contribution in [0, 0.1) is 11.3 Å². The molecule has 6 nitrogen and oxygen atoms in total. The summed E-state index contributed by atoms with van der Waals surface area (Å²) in [5.74, 6) is 0.125. The molecule has 0 aromatic heterocycles. The fourth-order valence-corrected chi connectivity index (χ4v) is 3.94. The second-order valence-electron chi connectivity index (χ2n) is 5.07. The second-order valence-corrected chi connectivity index (χ2v) is 7.30. The molecule has 1 aliphatic heterocycles. The number of carbonyl (C=O) groups is 1. The molecule has 108 valence electrons. The molecule has 2 unspecified atom stereocenters. The SMILES string of the molecule is CC(C(=O)N(C)C1CCS(=O)(=O)C1)N(C)CCC#N. The second kappa shape index (κ2) is 6.35. The fraction of sp³-hybridized carbons (Fsp3) is 0.833. The highest BCUT2D eigenvalue weighted by atomic mass is 32.2. The van der Waals surface area contributed by atoms with Gasteiger partial charge < -0.3 is 4.90 Å². The summed E-state index contributed by atoms with van der Waals surface area (Å²) in [6, 6.07) is 1.48. The summed E-state index contributed by atoms with van der Waals surface area (Å²) in [6.07, 6.45) is 0.884. The van der Waals surface area contributed by atoms with Crippen LogP contribution in [0.2, 0.25) is 0 Å². The molecule has 0 bridgehead atoms. The predicted octanol–water partition coefficient (Wildman–Crippen LogP) is -0.134. The van der Waals surface area contributed by atoms with Gasteiger partial charge in [-0.25, -0.2) is 8.42 Å². The predicted molar refractivity (Wildman–Crippen MR) is 72.2 cm³/mol. The number of amides is 1. The molecule has 1 amide bonds. The van der Waals surface area contributed by atoms with Crippen molar-refractivity contribution >= 4 is 15.7 Å². The molecule has 0 radical (unpaired) electrons. The van der Waals surface area contributed by atoms with Crippen LogP contribution in [0.25, 0.3) is 0 Å². The van der Waals surface area contributed by atoms with Crippen molar-refractivity contribution in [1.29, 1.82) is 5.26 Å². The smallest absolute Gasteiger partial charge is 0.239 e. The number of rotatable bonds is 5. The molecule has 2 atom stereocenters. The third-order valence-corrected chi connectivity index (χ3v) is 5.45. The van der Waals surface area contributed by atoms with Gasteiger partial charge in [-0.3, -0.25) is 9.69 Å². The Morgan fingerprint density at radius 1 is 1.47 bits per heavy atom. The molecular weight excluding hydrogens is 266 g/mol. The van der Waals surface area contributed by atoms with E-state index in [0.29, 0.717) is 19.4 Å². The number of carbonyl (C=O) groups excluding carboxylic acids is 1. The maximum atomic E-state index is 12.3. The molecule has 0 aromatic carbocycles. The molecule has 1 heterocycles. The number of hydrogen-bond donors (Lipinski definition) is 0. The van der Waals surface area contributed by atoms with Crippen molar-refractivity contribution in [1.82, 2.24) is 9.80 Å². The summed E-state index contributed by atoms with van der Waals surface area (Å²) in [5, 5.41) is 8.54. The van der Waals surface area contributed by atoms with Gasteiger partial charge in [0.15, 0.2) is 9.84 Å². The van der Waals surface area contributed by atoms with Gasteiger partial charge in [-0.05, 0) is 20.4 Å². The molecule has 0 N–H and O–H groups in total. The third kappa shape index (κ3) is 4.18. The maximum absolute atomic E-state index is 12.3. The molecule has 0 saturated carbocycles. The summed E-state index contributed by atoms with van der Waals surface area (Å²) in [6.45, 7) is 2.31. The Kier molecular flexibility index (Phi) is 5.32. The summed E-state index contributed by atoms with van der Waals surface area (Å²) in [5.41, 5.74) is 0. The molecule has 19 heavy (non-hydrogen) atoms. The summed E-state index contributed by atoms with van der Waals surface area (Å²) >= 11 is 0. The van der Waals surface area contributed by atoms with E-state index in [1.165, 1.54) is 4.90 Å². The van der Waals surface area contributed by atoms with E-state index in [1.807, 2.05) is 11.0 Å². The standard InChI is InChI=1S/C12H21N3O3S/c1-10(14(2)7-4-6-13)12(16)15(3)11-5-8-19(17,18)9-11/h10-11H,4-5,7-9H2,1-3H3. The average Bonchev–Trinajstić information content (AvgIpc) is 2.73. The molecule has 0 spiro atoms. The lowest BCUT2D eigenvalue weighted by atomic mass is 10.2. The Morgan fingerprint density at radius 3 is 2.58 bits per heavy atom. The van der Waals surface area contributed by atoms with Crippen molar-refractivity contribution in [2.75, 3.05) is 32.1 Å². The van der Waals surface area contributed by atoms with Gasteiger partial charge in [-0.2, -0.15) is 5.26 Å². The lowest BCUT2D eigenvalue weighted by molar-refractivity contribution is -0.136. The van der Waals surface area contributed by atoms with E-state index in [2.05, 4.69) is 0 Å². The van der Waals surface area contributed by atoms with Gasteiger partial charge in [-0.15, -0.1) is 0 Å². The fourth-order valence-electron chi connectivity index (χ4n) is 2.16. The van der Waals surface area contributed by atoms with E-state index in [1.54, 1.807) is 21.0 Å². The zero-order valence-electron chi connectivity index (χ0n) is 11.7. The normalized spacial score (nSPS) is 23.0. The van der Waals surface area contributed by atoms with E-state index in [0.717, 1.165) is 0 Å². The van der Waals surface area contributed by atoms with Crippen LogP contribution in [-0.4, -0.2) is 68.4 Å². The molecule has 1 aliphatic rings. The first kappa shape index (κ1) is 15.9. The first-order valence-electron chi connectivity index (χ1n) is 6.33. The Morgan fingerprint density at radius 2 is 2.11 bits per heavy atom. The van der Waals surface area contributed by atoms with Crippen LogP contribution in [0.1, 0.15) is 19.8 Å². The summed E-state index contributed by atoms with van der Waals surface area (Å²) < 4.78 is 22.9. The Labute approximate surface area is 114 Å². The van der Waals surface area contributed by atoms with Crippen LogP contribution in [0.15, 0.2) is 0 Å². The van der Waals surface area contributed by atoms with Crippen molar-refractivity contribution in [3.63, 3.8) is 0 Å². The minimum Gasteiger partial charge on any atom is -0.340 e. The minimum absolute atomic E-state index is 0.0594. The van der Waals surface area contributed by atoms with E-state index < -0.39 is 9.84 Å². The van der Waals surface area contributed by atoms with Crippen molar-refractivity contribution < 1.29 is 13.2 Å². The monoisotopic (exact) mass is 287 g/mol. The van der Waals surface area contributed by atoms with Crippen LogP contribution in [0.4, 0.5) is 0 Å². The van der Waals surface area contributed by atoms with E-state index in [9.17, 15) is 13.2 Å². The number of likely N-dealkylation sites (N-methyl/N-ethyl adjacent to an activating group) is 2. The molecule has 1 rings (SSSR count). The van der Waals surface area contributed by atoms with Crippen molar-refractivity contribution in [2.24, 2.45) is 0 Å². The molecule has 0 aromatic rings. The molecule has 1 fully saturated rings. The maximum Gasteiger partial charge on any atom is 0.239 e. The lowest BCUT2D eigenvalue weighted by Gasteiger charge is -2.30. The topological polar surface area (TPSA) is 81.5 Å². The van der Waals surface area contributed by atoms with Crippen LogP contribution < -0.4 is 0 Å². The first-order valence-corrected chi connectivity index (χ1v) is 8.15. The number of nitrogens with zero attached hydrogens (tertiary/aromatic N) is 3. The van der Waals surface area contributed by atoms with Gasteiger partial charge in [-0.1, -0.05) is 0 Å². The highest BCUT2D eigenvalue weighted by Crippen LogP contribution is 2.17. The number of nitriles is 1. The Balaban J connectivity index is 2.60. The van der Waals surface area contributed by atoms with E-state index in [-0.39, 0.29) is 29.5 Å². The van der Waals surface area contributed by atoms with Crippen LogP contribution in [0.5, 0.6) is 0 Å². The Bertz CT molecular complexity index is 469. The molecule has 1 saturated heterocycles. The zero-order chi connectivity index (χ0) is 14.6. The van der Waals surface area contributed by atoms with Crippen molar-refractivity contribution in [3.8, 4) is 6.07 Å². The van der Waals surface area contributed by atoms with Gasteiger partial charge in [0.05, 0.1) is 23.6 Å². The molecule has 7 heteroatoms. The van der Waals surface area contributed by atoms with Crippen LogP contribution in [0.3, 0.4) is 0 Å². The summed E-state index contributed by atoms with van der Waals surface area (Å²) in [4.78, 5) is 15.6. The lowest BCUT2D eigenvalue weighted by Crippen LogP contribution is -2.48. The highest BCUT2D eigenvalue weighted by molar-refractivity contribution is 7.91. The third-order valence-electron chi connectivity index (χ3n) is 3.70. The van der Waals surface area contributed by atoms with Crippen LogP contribution in [-0.2, 0) is 14.6 Å². The van der Waals surface area contributed by atoms with Gasteiger partial charge in [0, 0.05) is 26.1 Å². The number of sulfone groups is 1. The van der Waals surface area contributed by atoms with Gasteiger partial charge >= 0.3 is 0 Å².